The van der Waals surface area contributed by atoms with Crippen LogP contribution in [0.2, 0.25) is 0 Å². The zero-order valence-electron chi connectivity index (χ0n) is 8.65. The van der Waals surface area contributed by atoms with Crippen LogP contribution in [0, 0.1) is 11.6 Å². The monoisotopic (exact) mass is 247 g/mol. The minimum absolute atomic E-state index is 0.319. The third kappa shape index (κ3) is 2.89. The van der Waals surface area contributed by atoms with E-state index < -0.39 is 42.4 Å². The van der Waals surface area contributed by atoms with Crippen LogP contribution in [0.4, 0.5) is 14.5 Å². The van der Waals surface area contributed by atoms with Crippen LogP contribution in [0.1, 0.15) is 10.4 Å². The van der Waals surface area contributed by atoms with Gasteiger partial charge in [-0.05, 0) is 12.1 Å². The first kappa shape index (κ1) is 13.3. The minimum Gasteiger partial charge on any atom is -0.478 e. The summed E-state index contributed by atoms with van der Waals surface area (Å²) in [5, 5.41) is 28.4. The van der Waals surface area contributed by atoms with E-state index in [1.54, 1.807) is 0 Å². The van der Waals surface area contributed by atoms with Crippen molar-refractivity contribution in [2.75, 3.05) is 18.5 Å². The Morgan fingerprint density at radius 3 is 2.29 bits per heavy atom. The SMILES string of the molecule is O=C(O)c1ccc(NC(CO)CO)c(F)c1F. The predicted octanol–water partition coefficient (Wildman–Crippen LogP) is 0.428. The summed E-state index contributed by atoms with van der Waals surface area (Å²) < 4.78 is 26.6. The molecule has 0 amide bonds. The molecule has 0 radical (unpaired) electrons. The molecule has 7 heteroatoms. The molecule has 0 aromatic heterocycles. The van der Waals surface area contributed by atoms with Gasteiger partial charge in [-0.25, -0.2) is 13.6 Å². The molecule has 0 bridgehead atoms. The molecule has 1 aromatic rings. The summed E-state index contributed by atoms with van der Waals surface area (Å²) >= 11 is 0. The van der Waals surface area contributed by atoms with Gasteiger partial charge in [-0.15, -0.1) is 0 Å². The number of carboxylic acid groups (broad SMARTS) is 1. The normalized spacial score (nSPS) is 10.6. The van der Waals surface area contributed by atoms with E-state index in [9.17, 15) is 13.6 Å². The van der Waals surface area contributed by atoms with Crippen molar-refractivity contribution in [1.29, 1.82) is 0 Å². The second-order valence-corrected chi connectivity index (χ2v) is 3.30. The van der Waals surface area contributed by atoms with Crippen LogP contribution in [0.15, 0.2) is 12.1 Å². The van der Waals surface area contributed by atoms with E-state index in [0.29, 0.717) is 0 Å². The molecule has 0 fully saturated rings. The maximum atomic E-state index is 13.4. The van der Waals surface area contributed by atoms with Crippen molar-refractivity contribution in [3.05, 3.63) is 29.3 Å². The van der Waals surface area contributed by atoms with Crippen LogP contribution in [-0.4, -0.2) is 40.5 Å². The second kappa shape index (κ2) is 5.55. The highest BCUT2D eigenvalue weighted by Crippen LogP contribution is 2.21. The average molecular weight is 247 g/mol. The smallest absolute Gasteiger partial charge is 0.338 e. The zero-order valence-corrected chi connectivity index (χ0v) is 8.65. The molecule has 0 saturated heterocycles. The maximum Gasteiger partial charge on any atom is 0.338 e. The quantitative estimate of drug-likeness (QED) is 0.605. The summed E-state index contributed by atoms with van der Waals surface area (Å²) in [5.74, 6) is -4.43. The van der Waals surface area contributed by atoms with Crippen LogP contribution in [0.5, 0.6) is 0 Å². The number of carboxylic acids is 1. The van der Waals surface area contributed by atoms with Gasteiger partial charge >= 0.3 is 5.97 Å². The van der Waals surface area contributed by atoms with Crippen LogP contribution < -0.4 is 5.32 Å². The van der Waals surface area contributed by atoms with Crippen molar-refractivity contribution >= 4 is 11.7 Å². The first-order valence-electron chi connectivity index (χ1n) is 4.70. The van der Waals surface area contributed by atoms with Gasteiger partial charge in [-0.2, -0.15) is 0 Å². The molecule has 17 heavy (non-hydrogen) atoms. The highest BCUT2D eigenvalue weighted by atomic mass is 19.2. The molecule has 0 unspecified atom stereocenters. The molecule has 0 heterocycles. The number of aliphatic hydroxyl groups is 2. The third-order valence-corrected chi connectivity index (χ3v) is 2.11. The molecular weight excluding hydrogens is 236 g/mol. The number of aliphatic hydroxyl groups excluding tert-OH is 2. The van der Waals surface area contributed by atoms with E-state index in [-0.39, 0.29) is 5.69 Å². The van der Waals surface area contributed by atoms with E-state index in [1.165, 1.54) is 0 Å². The predicted molar refractivity (Wildman–Crippen MR) is 54.9 cm³/mol. The van der Waals surface area contributed by atoms with Crippen LogP contribution in [-0.2, 0) is 0 Å². The second-order valence-electron chi connectivity index (χ2n) is 3.30. The van der Waals surface area contributed by atoms with Crippen LogP contribution >= 0.6 is 0 Å². The van der Waals surface area contributed by atoms with Crippen LogP contribution in [0.3, 0.4) is 0 Å². The lowest BCUT2D eigenvalue weighted by molar-refractivity contribution is 0.0690. The molecule has 5 nitrogen and oxygen atoms in total. The first-order chi connectivity index (χ1) is 8.01. The lowest BCUT2D eigenvalue weighted by Crippen LogP contribution is -2.28. The van der Waals surface area contributed by atoms with Crippen molar-refractivity contribution in [3.63, 3.8) is 0 Å². The van der Waals surface area contributed by atoms with Gasteiger partial charge in [-0.3, -0.25) is 0 Å². The lowest BCUT2D eigenvalue weighted by atomic mass is 10.1. The van der Waals surface area contributed by atoms with E-state index in [2.05, 4.69) is 5.32 Å². The van der Waals surface area contributed by atoms with Crippen molar-refractivity contribution in [1.82, 2.24) is 0 Å². The van der Waals surface area contributed by atoms with Crippen molar-refractivity contribution in [2.45, 2.75) is 6.04 Å². The van der Waals surface area contributed by atoms with E-state index in [4.69, 9.17) is 15.3 Å². The summed E-state index contributed by atoms with van der Waals surface area (Å²) in [4.78, 5) is 10.5. The topological polar surface area (TPSA) is 89.8 Å². The van der Waals surface area contributed by atoms with E-state index >= 15 is 0 Å². The van der Waals surface area contributed by atoms with Gasteiger partial charge in [0.05, 0.1) is 30.5 Å². The van der Waals surface area contributed by atoms with Crippen molar-refractivity contribution in [3.8, 4) is 0 Å². The fourth-order valence-corrected chi connectivity index (χ4v) is 1.20. The molecule has 0 spiro atoms. The molecule has 0 atom stereocenters. The number of benzene rings is 1. The highest BCUT2D eigenvalue weighted by molar-refractivity contribution is 5.88. The number of rotatable bonds is 5. The number of carbonyl (C=O) groups is 1. The van der Waals surface area contributed by atoms with Gasteiger partial charge in [0.1, 0.15) is 0 Å². The molecule has 0 aliphatic carbocycles. The van der Waals surface area contributed by atoms with Crippen molar-refractivity contribution < 1.29 is 28.9 Å². The van der Waals surface area contributed by atoms with Crippen molar-refractivity contribution in [2.24, 2.45) is 0 Å². The fraction of sp³-hybridized carbons (Fsp3) is 0.300. The van der Waals surface area contributed by atoms with Gasteiger partial charge in [0.25, 0.3) is 0 Å². The number of hydrogen-bond acceptors (Lipinski definition) is 4. The molecule has 0 aliphatic rings. The molecule has 1 aromatic carbocycles. The third-order valence-electron chi connectivity index (χ3n) is 2.11. The molecule has 94 valence electrons. The van der Waals surface area contributed by atoms with Crippen LogP contribution in [0.25, 0.3) is 0 Å². The molecule has 1 rings (SSSR count). The van der Waals surface area contributed by atoms with Gasteiger partial charge < -0.3 is 20.6 Å². The minimum atomic E-state index is -1.58. The maximum absolute atomic E-state index is 13.4. The van der Waals surface area contributed by atoms with Gasteiger partial charge in [0, 0.05) is 0 Å². The van der Waals surface area contributed by atoms with Gasteiger partial charge in [0.2, 0.25) is 0 Å². The summed E-state index contributed by atoms with van der Waals surface area (Å²) in [6.07, 6.45) is 0. The molecular formula is C10H11F2NO4. The largest absolute Gasteiger partial charge is 0.478 e. The summed E-state index contributed by atoms with van der Waals surface area (Å²) in [6.45, 7) is -0.948. The number of nitrogens with one attached hydrogen (secondary N) is 1. The molecule has 4 N–H and O–H groups in total. The van der Waals surface area contributed by atoms with E-state index in [0.717, 1.165) is 12.1 Å². The Balaban J connectivity index is 3.04. The number of halogens is 2. The molecule has 0 aliphatic heterocycles. The van der Waals surface area contributed by atoms with Gasteiger partial charge in [0.15, 0.2) is 11.6 Å². The lowest BCUT2D eigenvalue weighted by Gasteiger charge is -2.15. The Hall–Kier alpha value is -1.73. The summed E-state index contributed by atoms with van der Waals surface area (Å²) in [7, 11) is 0. The highest BCUT2D eigenvalue weighted by Gasteiger charge is 2.19. The number of anilines is 1. The van der Waals surface area contributed by atoms with Gasteiger partial charge in [-0.1, -0.05) is 0 Å². The van der Waals surface area contributed by atoms with E-state index in [1.807, 2.05) is 0 Å². The first-order valence-corrected chi connectivity index (χ1v) is 4.70. The fourth-order valence-electron chi connectivity index (χ4n) is 1.20. The number of hydrogen-bond donors (Lipinski definition) is 4. The Labute approximate surface area is 95.3 Å². The average Bonchev–Trinajstić information content (AvgIpc) is 2.30. The summed E-state index contributed by atoms with van der Waals surface area (Å²) in [5.41, 5.74) is -1.10. The summed E-state index contributed by atoms with van der Waals surface area (Å²) in [6, 6.07) is 1.08. The Bertz CT molecular complexity index is 421. The number of aromatic carboxylic acids is 1. The zero-order chi connectivity index (χ0) is 13.0. The Morgan fingerprint density at radius 1 is 1.24 bits per heavy atom. The Morgan fingerprint density at radius 2 is 1.82 bits per heavy atom. The standard InChI is InChI=1S/C10H11F2NO4/c11-8-6(10(16)17)1-2-7(9(8)12)13-5(3-14)4-15/h1-2,5,13-15H,3-4H2,(H,16,17). The molecule has 0 saturated carbocycles. The Kier molecular flexibility index (Phi) is 4.36.